The van der Waals surface area contributed by atoms with Gasteiger partial charge in [-0.15, -0.1) is 0 Å². The van der Waals surface area contributed by atoms with Gasteiger partial charge in [0, 0.05) is 24.2 Å². The molecule has 1 fully saturated rings. The summed E-state index contributed by atoms with van der Waals surface area (Å²) in [4.78, 5) is 25.2. The van der Waals surface area contributed by atoms with Crippen LogP contribution in [0.3, 0.4) is 0 Å². The van der Waals surface area contributed by atoms with Gasteiger partial charge in [-0.25, -0.2) is 8.78 Å². The second-order valence-corrected chi connectivity index (χ2v) is 6.51. The van der Waals surface area contributed by atoms with Crippen molar-refractivity contribution in [3.05, 3.63) is 53.6 Å². The third kappa shape index (κ3) is 3.49. The molecule has 2 atom stereocenters. The zero-order valence-corrected chi connectivity index (χ0v) is 14.9. The number of carboxylic acids is 1. The van der Waals surface area contributed by atoms with Crippen molar-refractivity contribution in [1.82, 2.24) is 4.90 Å². The summed E-state index contributed by atoms with van der Waals surface area (Å²) in [6.07, 6.45) is 0.332. The Hall–Kier alpha value is -2.96. The van der Waals surface area contributed by atoms with E-state index in [9.17, 15) is 23.5 Å². The lowest BCUT2D eigenvalue weighted by molar-refractivity contribution is -0.142. The Morgan fingerprint density at radius 1 is 1.15 bits per heavy atom. The number of halogens is 2. The molecule has 0 aromatic heterocycles. The van der Waals surface area contributed by atoms with E-state index in [1.54, 1.807) is 13.0 Å². The summed E-state index contributed by atoms with van der Waals surface area (Å²) in [7, 11) is 1.42. The van der Waals surface area contributed by atoms with Crippen LogP contribution in [0, 0.1) is 17.6 Å². The van der Waals surface area contributed by atoms with Crippen LogP contribution in [-0.4, -0.2) is 41.6 Å². The fraction of sp³-hybridized carbons (Fsp3) is 0.300. The molecule has 1 amide bonds. The first-order chi connectivity index (χ1) is 12.8. The number of carbonyl (C=O) groups is 2. The highest BCUT2D eigenvalue weighted by Gasteiger charge is 2.38. The minimum absolute atomic E-state index is 0.162. The maximum Gasteiger partial charge on any atom is 0.308 e. The predicted octanol–water partition coefficient (Wildman–Crippen LogP) is 3.58. The molecule has 0 aliphatic carbocycles. The fourth-order valence-corrected chi connectivity index (χ4v) is 3.42. The highest BCUT2D eigenvalue weighted by Crippen LogP contribution is 2.30. The topological polar surface area (TPSA) is 66.8 Å². The Bertz CT molecular complexity index is 900. The SMILES string of the molecule is COc1ccc(-c2ccc(C(=O)N3CCC(C(=O)O)C3C)c(F)c2)c(F)c1. The Kier molecular flexibility index (Phi) is 5.12. The van der Waals surface area contributed by atoms with E-state index in [0.717, 1.165) is 6.07 Å². The van der Waals surface area contributed by atoms with Crippen molar-refractivity contribution in [2.45, 2.75) is 19.4 Å². The number of nitrogens with zero attached hydrogens (tertiary/aromatic N) is 1. The number of hydrogen-bond acceptors (Lipinski definition) is 3. The smallest absolute Gasteiger partial charge is 0.308 e. The number of methoxy groups -OCH3 is 1. The van der Waals surface area contributed by atoms with Crippen molar-refractivity contribution in [2.75, 3.05) is 13.7 Å². The summed E-state index contributed by atoms with van der Waals surface area (Å²) >= 11 is 0. The van der Waals surface area contributed by atoms with Crippen LogP contribution in [0.15, 0.2) is 36.4 Å². The van der Waals surface area contributed by atoms with Crippen molar-refractivity contribution in [3.8, 4) is 16.9 Å². The Morgan fingerprint density at radius 2 is 1.89 bits per heavy atom. The zero-order chi connectivity index (χ0) is 19.7. The molecule has 3 rings (SSSR count). The summed E-state index contributed by atoms with van der Waals surface area (Å²) in [6, 6.07) is 7.59. The highest BCUT2D eigenvalue weighted by atomic mass is 19.1. The maximum atomic E-state index is 14.6. The predicted molar refractivity (Wildman–Crippen MR) is 94.6 cm³/mol. The molecular formula is C20H19F2NO4. The van der Waals surface area contributed by atoms with Gasteiger partial charge >= 0.3 is 5.97 Å². The van der Waals surface area contributed by atoms with E-state index in [2.05, 4.69) is 0 Å². The summed E-state index contributed by atoms with van der Waals surface area (Å²) in [5.74, 6) is -3.19. The highest BCUT2D eigenvalue weighted by molar-refractivity contribution is 5.96. The number of amides is 1. The molecule has 1 aliphatic heterocycles. The minimum Gasteiger partial charge on any atom is -0.497 e. The molecule has 2 aromatic carbocycles. The van der Waals surface area contributed by atoms with Gasteiger partial charge in [-0.05, 0) is 43.2 Å². The largest absolute Gasteiger partial charge is 0.497 e. The monoisotopic (exact) mass is 375 g/mol. The fourth-order valence-electron chi connectivity index (χ4n) is 3.42. The molecule has 142 valence electrons. The molecule has 0 radical (unpaired) electrons. The van der Waals surface area contributed by atoms with Gasteiger partial charge in [-0.3, -0.25) is 9.59 Å². The van der Waals surface area contributed by atoms with Gasteiger partial charge < -0.3 is 14.7 Å². The van der Waals surface area contributed by atoms with E-state index >= 15 is 0 Å². The zero-order valence-electron chi connectivity index (χ0n) is 14.9. The van der Waals surface area contributed by atoms with Crippen molar-refractivity contribution < 1.29 is 28.2 Å². The van der Waals surface area contributed by atoms with E-state index in [1.807, 2.05) is 0 Å². The molecule has 1 N–H and O–H groups in total. The van der Waals surface area contributed by atoms with E-state index in [4.69, 9.17) is 4.74 Å². The summed E-state index contributed by atoms with van der Waals surface area (Å²) in [5, 5.41) is 9.18. The lowest BCUT2D eigenvalue weighted by atomic mass is 10.0. The van der Waals surface area contributed by atoms with E-state index < -0.39 is 35.5 Å². The third-order valence-corrected chi connectivity index (χ3v) is 5.02. The molecule has 7 heteroatoms. The van der Waals surface area contributed by atoms with Gasteiger partial charge in [-0.1, -0.05) is 6.07 Å². The van der Waals surface area contributed by atoms with Crippen molar-refractivity contribution in [3.63, 3.8) is 0 Å². The lowest BCUT2D eigenvalue weighted by Crippen LogP contribution is -2.38. The number of carbonyl (C=O) groups excluding carboxylic acids is 1. The first-order valence-electron chi connectivity index (χ1n) is 8.50. The maximum absolute atomic E-state index is 14.6. The van der Waals surface area contributed by atoms with Crippen molar-refractivity contribution in [1.29, 1.82) is 0 Å². The average Bonchev–Trinajstić information content (AvgIpc) is 3.02. The number of carboxylic acid groups (broad SMARTS) is 1. The quantitative estimate of drug-likeness (QED) is 0.887. The molecule has 0 saturated carbocycles. The Labute approximate surface area is 155 Å². The van der Waals surface area contributed by atoms with Crippen LogP contribution in [0.1, 0.15) is 23.7 Å². The second-order valence-electron chi connectivity index (χ2n) is 6.51. The number of benzene rings is 2. The first-order valence-corrected chi connectivity index (χ1v) is 8.50. The Morgan fingerprint density at radius 3 is 2.44 bits per heavy atom. The third-order valence-electron chi connectivity index (χ3n) is 5.02. The molecular weight excluding hydrogens is 356 g/mol. The van der Waals surface area contributed by atoms with Crippen molar-refractivity contribution >= 4 is 11.9 Å². The summed E-state index contributed by atoms with van der Waals surface area (Å²) < 4.78 is 33.7. The number of aliphatic carboxylic acids is 1. The van der Waals surface area contributed by atoms with Crippen LogP contribution in [0.5, 0.6) is 5.75 Å². The van der Waals surface area contributed by atoms with E-state index in [-0.39, 0.29) is 17.7 Å². The van der Waals surface area contributed by atoms with Crippen LogP contribution in [0.2, 0.25) is 0 Å². The number of likely N-dealkylation sites (tertiary alicyclic amines) is 1. The van der Waals surface area contributed by atoms with Crippen LogP contribution in [0.25, 0.3) is 11.1 Å². The first kappa shape index (κ1) is 18.8. The molecule has 1 heterocycles. The van der Waals surface area contributed by atoms with Gasteiger partial charge in [0.25, 0.3) is 5.91 Å². The lowest BCUT2D eigenvalue weighted by Gasteiger charge is -2.23. The molecule has 27 heavy (non-hydrogen) atoms. The Balaban J connectivity index is 1.87. The van der Waals surface area contributed by atoms with Gasteiger partial charge in [0.2, 0.25) is 0 Å². The van der Waals surface area contributed by atoms with Gasteiger partial charge in [-0.2, -0.15) is 0 Å². The minimum atomic E-state index is -0.969. The summed E-state index contributed by atoms with van der Waals surface area (Å²) in [6.45, 7) is 1.90. The van der Waals surface area contributed by atoms with Crippen LogP contribution in [-0.2, 0) is 4.79 Å². The summed E-state index contributed by atoms with van der Waals surface area (Å²) in [5.41, 5.74) is 0.321. The normalized spacial score (nSPS) is 19.2. The molecule has 1 saturated heterocycles. The number of hydrogen-bond donors (Lipinski definition) is 1. The molecule has 1 aliphatic rings. The van der Waals surface area contributed by atoms with Gasteiger partial charge in [0.05, 0.1) is 18.6 Å². The van der Waals surface area contributed by atoms with Crippen LogP contribution >= 0.6 is 0 Å². The molecule has 0 bridgehead atoms. The standard InChI is InChI=1S/C20H19F2NO4/c1-11-14(20(25)26)7-8-23(11)19(24)16-5-3-12(9-17(16)21)15-6-4-13(27-2)10-18(15)22/h3-6,9-11,14H,7-8H2,1-2H3,(H,25,26). The van der Waals surface area contributed by atoms with Crippen LogP contribution < -0.4 is 4.74 Å². The molecule has 2 aromatic rings. The van der Waals surface area contributed by atoms with Gasteiger partial charge in [0.1, 0.15) is 17.4 Å². The molecule has 5 nitrogen and oxygen atoms in total. The second kappa shape index (κ2) is 7.34. The van der Waals surface area contributed by atoms with Crippen molar-refractivity contribution in [2.24, 2.45) is 5.92 Å². The van der Waals surface area contributed by atoms with Crippen LogP contribution in [0.4, 0.5) is 8.78 Å². The van der Waals surface area contributed by atoms with E-state index in [1.165, 1.54) is 36.3 Å². The van der Waals surface area contributed by atoms with Gasteiger partial charge in [0.15, 0.2) is 0 Å². The number of ether oxygens (including phenoxy) is 1. The number of rotatable bonds is 4. The molecule has 0 spiro atoms. The average molecular weight is 375 g/mol. The van der Waals surface area contributed by atoms with E-state index in [0.29, 0.717) is 17.7 Å². The molecule has 2 unspecified atom stereocenters.